The van der Waals surface area contributed by atoms with Gasteiger partial charge in [-0.1, -0.05) is 17.7 Å². The van der Waals surface area contributed by atoms with Gasteiger partial charge in [0.1, 0.15) is 17.3 Å². The topological polar surface area (TPSA) is 93.7 Å². The van der Waals surface area contributed by atoms with Crippen LogP contribution in [0.25, 0.3) is 0 Å². The summed E-state index contributed by atoms with van der Waals surface area (Å²) in [6, 6.07) is 9.33. The Balaban J connectivity index is 1.13. The lowest BCUT2D eigenvalue weighted by Crippen LogP contribution is -2.75. The van der Waals surface area contributed by atoms with Crippen molar-refractivity contribution in [1.29, 1.82) is 0 Å². The van der Waals surface area contributed by atoms with E-state index in [-0.39, 0.29) is 47.0 Å². The maximum Gasteiger partial charge on any atom is 0.258 e. The van der Waals surface area contributed by atoms with Gasteiger partial charge in [0.15, 0.2) is 18.5 Å². The summed E-state index contributed by atoms with van der Waals surface area (Å²) in [5.74, 6) is 0.0264. The molecule has 3 saturated carbocycles. The monoisotopic (exact) mass is 514 g/mol. The Kier molecular flexibility index (Phi) is 6.19. The van der Waals surface area contributed by atoms with E-state index in [1.54, 1.807) is 37.3 Å². The highest BCUT2D eigenvalue weighted by Crippen LogP contribution is 2.69. The first-order valence-corrected chi connectivity index (χ1v) is 12.4. The van der Waals surface area contributed by atoms with Crippen LogP contribution in [0.5, 0.6) is 11.5 Å². The first kappa shape index (κ1) is 24.6. The van der Waals surface area contributed by atoms with Gasteiger partial charge in [0.2, 0.25) is 5.91 Å². The molecular formula is C27H28ClFN2O5. The summed E-state index contributed by atoms with van der Waals surface area (Å²) in [6.07, 6.45) is 2.24. The van der Waals surface area contributed by atoms with Gasteiger partial charge >= 0.3 is 0 Å². The first-order chi connectivity index (χ1) is 17.1. The Hall–Kier alpha value is -3.13. The Bertz CT molecular complexity index is 1230. The molecule has 1 heterocycles. The van der Waals surface area contributed by atoms with Crippen LogP contribution in [0.15, 0.2) is 36.4 Å². The van der Waals surface area contributed by atoms with Crippen LogP contribution in [0, 0.1) is 18.2 Å². The lowest BCUT2D eigenvalue weighted by molar-refractivity contribution is -0.175. The van der Waals surface area contributed by atoms with Gasteiger partial charge in [0.05, 0.1) is 6.04 Å². The normalized spacial score (nSPS) is 27.4. The van der Waals surface area contributed by atoms with Crippen molar-refractivity contribution in [2.45, 2.75) is 63.6 Å². The number of ketones is 1. The van der Waals surface area contributed by atoms with Crippen molar-refractivity contribution < 1.29 is 28.2 Å². The minimum atomic E-state index is -0.654. The summed E-state index contributed by atoms with van der Waals surface area (Å²) < 4.78 is 25.1. The van der Waals surface area contributed by atoms with Crippen LogP contribution in [0.4, 0.5) is 4.39 Å². The number of nitrogens with one attached hydrogen (secondary N) is 2. The number of halogens is 2. The molecule has 6 rings (SSSR count). The molecule has 2 N–H and O–H groups in total. The minimum Gasteiger partial charge on any atom is -0.484 e. The van der Waals surface area contributed by atoms with Crippen LogP contribution < -0.4 is 20.1 Å². The highest BCUT2D eigenvalue weighted by Gasteiger charge is 2.68. The number of amides is 2. The molecule has 1 aliphatic heterocycles. The fraction of sp³-hybridized carbons (Fsp3) is 0.444. The van der Waals surface area contributed by atoms with Gasteiger partial charge in [0, 0.05) is 42.0 Å². The standard InChI is InChI=1S/C27H28ClFN2O5/c1-15-3-5-18(8-20(15)29)35-11-25(34)31-27-12-26(13-27,14-27)10-22(33)24-9-21(30-16(2)32)19-7-17(28)4-6-23(19)36-24/h3-8,21,24H,9-14H2,1-2H3,(H,30,32)(H,31,34). The SMILES string of the molecule is CC(=O)NC1CC(C(=O)CC23CC(NC(=O)COc4ccc(C)c(F)c4)(C2)C3)Oc2ccc(Cl)cc21. The van der Waals surface area contributed by atoms with Crippen molar-refractivity contribution in [2.24, 2.45) is 5.41 Å². The Morgan fingerprint density at radius 3 is 2.61 bits per heavy atom. The van der Waals surface area contributed by atoms with Crippen LogP contribution in [0.1, 0.15) is 56.2 Å². The summed E-state index contributed by atoms with van der Waals surface area (Å²) in [7, 11) is 0. The molecule has 7 nitrogen and oxygen atoms in total. The number of fused-ring (bicyclic) bond motifs is 1. The van der Waals surface area contributed by atoms with Gasteiger partial charge in [-0.2, -0.15) is 0 Å². The third-order valence-corrected chi connectivity index (χ3v) is 7.65. The summed E-state index contributed by atoms with van der Waals surface area (Å²) in [5, 5.41) is 6.45. The van der Waals surface area contributed by atoms with Crippen LogP contribution in [-0.4, -0.2) is 35.8 Å². The maximum atomic E-state index is 13.7. The number of hydrogen-bond acceptors (Lipinski definition) is 5. The lowest BCUT2D eigenvalue weighted by Gasteiger charge is -2.70. The van der Waals surface area contributed by atoms with Gasteiger partial charge in [-0.05, 0) is 61.4 Å². The third kappa shape index (κ3) is 4.78. The number of aryl methyl sites for hydroxylation is 1. The number of Topliss-reactive ketones (excluding diaryl/α,β-unsaturated/α-hetero) is 1. The molecule has 36 heavy (non-hydrogen) atoms. The second-order valence-electron chi connectivity index (χ2n) is 10.5. The van der Waals surface area contributed by atoms with E-state index in [1.807, 2.05) is 0 Å². The smallest absolute Gasteiger partial charge is 0.258 e. The average molecular weight is 515 g/mol. The van der Waals surface area contributed by atoms with Gasteiger partial charge in [0.25, 0.3) is 5.91 Å². The van der Waals surface area contributed by atoms with E-state index in [2.05, 4.69) is 10.6 Å². The second kappa shape index (κ2) is 9.07. The quantitative estimate of drug-likeness (QED) is 0.551. The molecular weight excluding hydrogens is 487 g/mol. The van der Waals surface area contributed by atoms with Gasteiger partial charge < -0.3 is 20.1 Å². The zero-order valence-corrected chi connectivity index (χ0v) is 20.9. The van der Waals surface area contributed by atoms with Crippen LogP contribution >= 0.6 is 11.6 Å². The van der Waals surface area contributed by atoms with Crippen LogP contribution in [-0.2, 0) is 14.4 Å². The molecule has 2 atom stereocenters. The molecule has 2 bridgehead atoms. The lowest BCUT2D eigenvalue weighted by atomic mass is 9.38. The largest absolute Gasteiger partial charge is 0.484 e. The van der Waals surface area contributed by atoms with Crippen LogP contribution in [0.2, 0.25) is 5.02 Å². The van der Waals surface area contributed by atoms with Gasteiger partial charge in [-0.3, -0.25) is 14.4 Å². The van der Waals surface area contributed by atoms with E-state index in [1.165, 1.54) is 13.0 Å². The molecule has 190 valence electrons. The van der Waals surface area contributed by atoms with E-state index < -0.39 is 6.10 Å². The molecule has 4 aliphatic rings. The molecule has 2 unspecified atom stereocenters. The predicted octanol–water partition coefficient (Wildman–Crippen LogP) is 4.19. The van der Waals surface area contributed by atoms with Crippen molar-refractivity contribution in [3.63, 3.8) is 0 Å². The number of hydrogen-bond donors (Lipinski definition) is 2. The zero-order valence-electron chi connectivity index (χ0n) is 20.2. The van der Waals surface area contributed by atoms with Gasteiger partial charge in [-0.25, -0.2) is 4.39 Å². The molecule has 0 saturated heterocycles. The molecule has 3 fully saturated rings. The maximum absolute atomic E-state index is 13.7. The van der Waals surface area contributed by atoms with Gasteiger partial charge in [-0.15, -0.1) is 0 Å². The Labute approximate surface area is 213 Å². The molecule has 0 radical (unpaired) electrons. The minimum absolute atomic E-state index is 0.00434. The molecule has 9 heteroatoms. The van der Waals surface area contributed by atoms with E-state index in [9.17, 15) is 18.8 Å². The Morgan fingerprint density at radius 2 is 1.92 bits per heavy atom. The van der Waals surface area contributed by atoms with Crippen LogP contribution in [0.3, 0.4) is 0 Å². The predicted molar refractivity (Wildman–Crippen MR) is 130 cm³/mol. The molecule has 2 amide bonds. The zero-order chi connectivity index (χ0) is 25.7. The molecule has 2 aromatic rings. The number of benzene rings is 2. The number of ether oxygens (including phenoxy) is 2. The number of carbonyl (C=O) groups excluding carboxylic acids is 3. The van der Waals surface area contributed by atoms with E-state index in [0.29, 0.717) is 34.9 Å². The van der Waals surface area contributed by atoms with Crippen molar-refractivity contribution in [2.75, 3.05) is 6.61 Å². The highest BCUT2D eigenvalue weighted by molar-refractivity contribution is 6.30. The molecule has 0 spiro atoms. The van der Waals surface area contributed by atoms with E-state index in [4.69, 9.17) is 21.1 Å². The van der Waals surface area contributed by atoms with E-state index in [0.717, 1.165) is 24.8 Å². The summed E-state index contributed by atoms with van der Waals surface area (Å²) in [4.78, 5) is 37.3. The van der Waals surface area contributed by atoms with Crippen molar-refractivity contribution in [1.82, 2.24) is 10.6 Å². The van der Waals surface area contributed by atoms with Crippen molar-refractivity contribution in [3.8, 4) is 11.5 Å². The van der Waals surface area contributed by atoms with Crippen molar-refractivity contribution in [3.05, 3.63) is 58.4 Å². The summed E-state index contributed by atoms with van der Waals surface area (Å²) in [5.41, 5.74) is 0.857. The summed E-state index contributed by atoms with van der Waals surface area (Å²) in [6.45, 7) is 2.90. The Morgan fingerprint density at radius 1 is 1.17 bits per heavy atom. The fourth-order valence-electron chi connectivity index (χ4n) is 5.97. The number of rotatable bonds is 8. The van der Waals surface area contributed by atoms with E-state index >= 15 is 0 Å². The highest BCUT2D eigenvalue weighted by atomic mass is 35.5. The number of carbonyl (C=O) groups is 3. The van der Waals surface area contributed by atoms with Crippen molar-refractivity contribution >= 4 is 29.2 Å². The fourth-order valence-corrected chi connectivity index (χ4v) is 6.15. The molecule has 3 aliphatic carbocycles. The molecule has 2 aromatic carbocycles. The first-order valence-electron chi connectivity index (χ1n) is 12.0. The summed E-state index contributed by atoms with van der Waals surface area (Å²) >= 11 is 6.12. The average Bonchev–Trinajstić information content (AvgIpc) is 2.77. The second-order valence-corrected chi connectivity index (χ2v) is 10.9. The molecule has 0 aromatic heterocycles. The third-order valence-electron chi connectivity index (χ3n) is 7.41.